The maximum Gasteiger partial charge on any atom is 0.261 e. The van der Waals surface area contributed by atoms with Crippen LogP contribution < -0.4 is 10.1 Å². The first kappa shape index (κ1) is 21.4. The Morgan fingerprint density at radius 1 is 1.15 bits per heavy atom. The maximum absolute atomic E-state index is 12.8. The number of amides is 2. The number of halogens is 2. The van der Waals surface area contributed by atoms with Gasteiger partial charge in [-0.1, -0.05) is 44.0 Å². The summed E-state index contributed by atoms with van der Waals surface area (Å²) in [7, 11) is 1.56. The van der Waals surface area contributed by atoms with E-state index in [1.54, 1.807) is 20.0 Å². The summed E-state index contributed by atoms with van der Waals surface area (Å²) in [5.74, 6) is 0.134. The minimum absolute atomic E-state index is 0.140. The Kier molecular flexibility index (Phi) is 7.86. The minimum atomic E-state index is -0.610. The van der Waals surface area contributed by atoms with Gasteiger partial charge in [0, 0.05) is 22.5 Å². The van der Waals surface area contributed by atoms with E-state index in [1.807, 2.05) is 43.3 Å². The van der Waals surface area contributed by atoms with Gasteiger partial charge in [0.15, 0.2) is 6.61 Å². The molecule has 0 spiro atoms. The predicted octanol–water partition coefficient (Wildman–Crippen LogP) is 4.06. The number of benzene rings is 2. The van der Waals surface area contributed by atoms with Crippen molar-refractivity contribution >= 4 is 43.7 Å². The fourth-order valence-electron chi connectivity index (χ4n) is 2.51. The van der Waals surface area contributed by atoms with Gasteiger partial charge in [-0.25, -0.2) is 0 Å². The Hall–Kier alpha value is -1.86. The van der Waals surface area contributed by atoms with E-state index in [4.69, 9.17) is 4.74 Å². The normalized spacial score (nSPS) is 11.6. The predicted molar refractivity (Wildman–Crippen MR) is 113 cm³/mol. The molecule has 1 N–H and O–H groups in total. The second kappa shape index (κ2) is 9.90. The van der Waals surface area contributed by atoms with Crippen LogP contribution in [-0.4, -0.2) is 36.4 Å². The highest BCUT2D eigenvalue weighted by atomic mass is 79.9. The topological polar surface area (TPSA) is 58.6 Å². The van der Waals surface area contributed by atoms with Gasteiger partial charge >= 0.3 is 0 Å². The monoisotopic (exact) mass is 496 g/mol. The minimum Gasteiger partial charge on any atom is -0.484 e. The summed E-state index contributed by atoms with van der Waals surface area (Å²) < 4.78 is 7.59. The average molecular weight is 498 g/mol. The number of carbonyl (C=O) groups excluding carboxylic acids is 2. The van der Waals surface area contributed by atoms with E-state index in [0.29, 0.717) is 12.3 Å². The van der Waals surface area contributed by atoms with Crippen LogP contribution in [0.3, 0.4) is 0 Å². The van der Waals surface area contributed by atoms with Gasteiger partial charge in [0.05, 0.1) is 0 Å². The van der Waals surface area contributed by atoms with E-state index in [1.165, 1.54) is 4.90 Å². The third kappa shape index (κ3) is 6.07. The third-order valence-electron chi connectivity index (χ3n) is 4.17. The van der Waals surface area contributed by atoms with Crippen LogP contribution in [0, 0.1) is 6.92 Å². The van der Waals surface area contributed by atoms with Crippen molar-refractivity contribution in [1.82, 2.24) is 10.2 Å². The molecule has 144 valence electrons. The van der Waals surface area contributed by atoms with E-state index < -0.39 is 6.04 Å². The van der Waals surface area contributed by atoms with Gasteiger partial charge in [-0.05, 0) is 55.3 Å². The first-order chi connectivity index (χ1) is 12.8. The Morgan fingerprint density at radius 2 is 1.81 bits per heavy atom. The summed E-state index contributed by atoms with van der Waals surface area (Å²) in [4.78, 5) is 26.4. The molecule has 2 rings (SSSR count). The van der Waals surface area contributed by atoms with Gasteiger partial charge in [-0.2, -0.15) is 0 Å². The van der Waals surface area contributed by atoms with E-state index in [-0.39, 0.29) is 18.4 Å². The Labute approximate surface area is 176 Å². The lowest BCUT2D eigenvalue weighted by Gasteiger charge is -2.28. The van der Waals surface area contributed by atoms with Crippen LogP contribution in [0.5, 0.6) is 5.75 Å². The number of aryl methyl sites for hydroxylation is 1. The number of rotatable bonds is 7. The molecule has 0 unspecified atom stereocenters. The van der Waals surface area contributed by atoms with E-state index in [2.05, 4.69) is 37.2 Å². The van der Waals surface area contributed by atoms with Gasteiger partial charge in [-0.15, -0.1) is 0 Å². The number of likely N-dealkylation sites (N-methyl/N-ethyl adjacent to an activating group) is 1. The molecule has 0 radical (unpaired) electrons. The number of nitrogens with zero attached hydrogens (tertiary/aromatic N) is 1. The van der Waals surface area contributed by atoms with Crippen molar-refractivity contribution in [2.45, 2.75) is 26.4 Å². The summed E-state index contributed by atoms with van der Waals surface area (Å²) in [5, 5.41) is 2.60. The highest BCUT2D eigenvalue weighted by Crippen LogP contribution is 2.22. The largest absolute Gasteiger partial charge is 0.484 e. The van der Waals surface area contributed by atoms with Crippen molar-refractivity contribution in [2.75, 3.05) is 13.7 Å². The van der Waals surface area contributed by atoms with Gasteiger partial charge in [0.2, 0.25) is 5.91 Å². The number of carbonyl (C=O) groups is 2. The molecule has 2 aromatic rings. The van der Waals surface area contributed by atoms with Crippen molar-refractivity contribution in [3.63, 3.8) is 0 Å². The zero-order valence-corrected chi connectivity index (χ0v) is 18.6. The molecule has 0 aromatic heterocycles. The van der Waals surface area contributed by atoms with Gasteiger partial charge < -0.3 is 15.0 Å². The van der Waals surface area contributed by atoms with Crippen LogP contribution in [0.2, 0.25) is 0 Å². The molecule has 2 amide bonds. The van der Waals surface area contributed by atoms with Crippen molar-refractivity contribution < 1.29 is 14.3 Å². The third-order valence-corrected chi connectivity index (χ3v) is 5.59. The summed E-state index contributed by atoms with van der Waals surface area (Å²) in [6.07, 6.45) is 0. The number of hydrogen-bond donors (Lipinski definition) is 1. The summed E-state index contributed by atoms with van der Waals surface area (Å²) in [5.41, 5.74) is 1.95. The van der Waals surface area contributed by atoms with E-state index in [9.17, 15) is 9.59 Å². The van der Waals surface area contributed by atoms with Crippen molar-refractivity contribution in [1.29, 1.82) is 0 Å². The highest BCUT2D eigenvalue weighted by molar-refractivity contribution is 9.10. The molecule has 0 aliphatic carbocycles. The zero-order valence-electron chi connectivity index (χ0n) is 15.5. The lowest BCUT2D eigenvalue weighted by Crippen LogP contribution is -2.48. The highest BCUT2D eigenvalue weighted by Gasteiger charge is 2.25. The molecule has 7 heteroatoms. The van der Waals surface area contributed by atoms with Crippen LogP contribution in [0.25, 0.3) is 0 Å². The number of hydrogen-bond acceptors (Lipinski definition) is 3. The lowest BCUT2D eigenvalue weighted by atomic mass is 10.1. The fourth-order valence-corrected chi connectivity index (χ4v) is 3.02. The molecule has 0 saturated carbocycles. The Morgan fingerprint density at radius 3 is 2.41 bits per heavy atom. The van der Waals surface area contributed by atoms with E-state index in [0.717, 1.165) is 20.1 Å². The number of nitrogens with one attached hydrogen (secondary N) is 1. The van der Waals surface area contributed by atoms with Crippen LogP contribution in [0.15, 0.2) is 51.4 Å². The fraction of sp³-hybridized carbons (Fsp3) is 0.300. The molecular weight excluding hydrogens is 476 g/mol. The molecular formula is C20H22Br2N2O3. The Bertz CT molecular complexity index is 809. The molecule has 0 saturated heterocycles. The smallest absolute Gasteiger partial charge is 0.261 e. The zero-order chi connectivity index (χ0) is 20.0. The van der Waals surface area contributed by atoms with Gasteiger partial charge in [-0.3, -0.25) is 9.59 Å². The molecule has 0 aliphatic rings. The van der Waals surface area contributed by atoms with Crippen molar-refractivity contribution in [3.8, 4) is 5.75 Å². The van der Waals surface area contributed by atoms with Crippen LogP contribution in [0.1, 0.15) is 18.1 Å². The quantitative estimate of drug-likeness (QED) is 0.627. The maximum atomic E-state index is 12.8. The lowest BCUT2D eigenvalue weighted by molar-refractivity contribution is -0.142. The molecule has 5 nitrogen and oxygen atoms in total. The van der Waals surface area contributed by atoms with E-state index >= 15 is 0 Å². The van der Waals surface area contributed by atoms with Crippen LogP contribution >= 0.6 is 31.9 Å². The van der Waals surface area contributed by atoms with Gasteiger partial charge in [0.1, 0.15) is 11.8 Å². The summed E-state index contributed by atoms with van der Waals surface area (Å²) in [6.45, 7) is 3.84. The van der Waals surface area contributed by atoms with Crippen molar-refractivity contribution in [3.05, 3.63) is 62.5 Å². The van der Waals surface area contributed by atoms with Crippen LogP contribution in [-0.2, 0) is 16.1 Å². The SMILES string of the molecule is CNC(=O)[C@@H](C)N(Cc1ccc(Br)cc1)C(=O)COc1ccc(Br)c(C)c1. The average Bonchev–Trinajstić information content (AvgIpc) is 2.67. The standard InChI is InChI=1S/C20H22Br2N2O3/c1-13-10-17(8-9-18(13)22)27-12-19(25)24(14(2)20(26)23-3)11-15-4-6-16(21)7-5-15/h4-10,14H,11-12H2,1-3H3,(H,23,26)/t14-/m1/s1. The second-order valence-corrected chi connectivity index (χ2v) is 7.91. The van der Waals surface area contributed by atoms with Crippen molar-refractivity contribution in [2.24, 2.45) is 0 Å². The first-order valence-electron chi connectivity index (χ1n) is 8.46. The van der Waals surface area contributed by atoms with Gasteiger partial charge in [0.25, 0.3) is 5.91 Å². The molecule has 0 bridgehead atoms. The molecule has 1 atom stereocenters. The molecule has 2 aromatic carbocycles. The second-order valence-electron chi connectivity index (χ2n) is 6.14. The molecule has 0 heterocycles. The number of ether oxygens (including phenoxy) is 1. The molecule has 27 heavy (non-hydrogen) atoms. The Balaban J connectivity index is 2.12. The summed E-state index contributed by atoms with van der Waals surface area (Å²) in [6, 6.07) is 12.6. The first-order valence-corrected chi connectivity index (χ1v) is 10.0. The summed E-state index contributed by atoms with van der Waals surface area (Å²) >= 11 is 6.84. The molecule has 0 aliphatic heterocycles. The van der Waals surface area contributed by atoms with Crippen LogP contribution in [0.4, 0.5) is 0 Å². The molecule has 0 fully saturated rings.